The molecule has 3 N–H and O–H groups in total. The van der Waals surface area contributed by atoms with Gasteiger partial charge in [-0.2, -0.15) is 0 Å². The van der Waals surface area contributed by atoms with E-state index in [1.165, 1.54) is 5.56 Å². The Bertz CT molecular complexity index is 813. The van der Waals surface area contributed by atoms with Crippen molar-refractivity contribution >= 4 is 0 Å². The van der Waals surface area contributed by atoms with E-state index in [9.17, 15) is 0 Å². The fourth-order valence-corrected chi connectivity index (χ4v) is 2.26. The van der Waals surface area contributed by atoms with Gasteiger partial charge in [0.2, 0.25) is 0 Å². The molecule has 0 aliphatic carbocycles. The highest BCUT2D eigenvalue weighted by Gasteiger charge is 1.95. The van der Waals surface area contributed by atoms with Gasteiger partial charge in [-0.3, -0.25) is 0 Å². The van der Waals surface area contributed by atoms with E-state index in [1.807, 2.05) is 77.9 Å². The molecule has 0 spiro atoms. The molecule has 0 aromatic heterocycles. The molecule has 27 heavy (non-hydrogen) atoms. The van der Waals surface area contributed by atoms with Gasteiger partial charge < -0.3 is 15.3 Å². The zero-order valence-electron chi connectivity index (χ0n) is 17.0. The number of hydrogen-bond donors (Lipinski definition) is 3. The lowest BCUT2D eigenvalue weighted by molar-refractivity contribution is 0.470. The third kappa shape index (κ3) is 7.45. The van der Waals surface area contributed by atoms with Crippen molar-refractivity contribution in [1.82, 2.24) is 0 Å². The lowest BCUT2D eigenvalue weighted by atomic mass is 10.1. The molecule has 0 radical (unpaired) electrons. The zero-order chi connectivity index (χ0) is 20.6. The van der Waals surface area contributed by atoms with Crippen LogP contribution in [-0.2, 0) is 0 Å². The second kappa shape index (κ2) is 10.3. The number of rotatable bonds is 0. The maximum absolute atomic E-state index is 9.10. The van der Waals surface area contributed by atoms with E-state index in [-0.39, 0.29) is 0 Å². The summed E-state index contributed by atoms with van der Waals surface area (Å²) in [6.45, 7) is 11.6. The van der Waals surface area contributed by atoms with Crippen molar-refractivity contribution in [3.63, 3.8) is 0 Å². The summed E-state index contributed by atoms with van der Waals surface area (Å²) in [6.07, 6.45) is 0. The second-order valence-electron chi connectivity index (χ2n) is 6.80. The number of hydrogen-bond acceptors (Lipinski definition) is 3. The lowest BCUT2D eigenvalue weighted by Crippen LogP contribution is -1.78. The molecule has 3 rings (SSSR count). The summed E-state index contributed by atoms with van der Waals surface area (Å²) in [4.78, 5) is 0. The van der Waals surface area contributed by atoms with Crippen molar-refractivity contribution in [1.29, 1.82) is 0 Å². The average molecular weight is 367 g/mol. The van der Waals surface area contributed by atoms with Crippen molar-refractivity contribution in [2.24, 2.45) is 0 Å². The Morgan fingerprint density at radius 1 is 0.481 bits per heavy atom. The fraction of sp³-hybridized carbons (Fsp3) is 0.250. The van der Waals surface area contributed by atoms with Crippen LogP contribution >= 0.6 is 0 Å². The molecule has 0 amide bonds. The molecule has 0 aliphatic rings. The Kier molecular flexibility index (Phi) is 8.40. The highest BCUT2D eigenvalue weighted by atomic mass is 16.3. The molecular weight excluding hydrogens is 336 g/mol. The van der Waals surface area contributed by atoms with Crippen molar-refractivity contribution in [3.8, 4) is 17.2 Å². The second-order valence-corrected chi connectivity index (χ2v) is 6.80. The third-order valence-electron chi connectivity index (χ3n) is 4.29. The minimum Gasteiger partial charge on any atom is -0.508 e. The van der Waals surface area contributed by atoms with Crippen LogP contribution in [0.4, 0.5) is 0 Å². The van der Waals surface area contributed by atoms with Crippen molar-refractivity contribution in [2.75, 3.05) is 0 Å². The molecule has 144 valence electrons. The molecule has 0 atom stereocenters. The Balaban J connectivity index is 0.000000202. The molecule has 0 heterocycles. The molecule has 0 aliphatic heterocycles. The minimum atomic E-state index is 0.376. The number of phenolic OH excluding ortho intramolecular Hbond substituents is 3. The van der Waals surface area contributed by atoms with E-state index < -0.39 is 0 Å². The summed E-state index contributed by atoms with van der Waals surface area (Å²) < 4.78 is 0. The van der Waals surface area contributed by atoms with Gasteiger partial charge >= 0.3 is 0 Å². The highest BCUT2D eigenvalue weighted by molar-refractivity contribution is 5.37. The Labute approximate surface area is 162 Å². The van der Waals surface area contributed by atoms with Crippen LogP contribution in [0.15, 0.2) is 54.6 Å². The SMILES string of the molecule is Cc1ccc(C)c(O)c1.Cc1ccc(O)c(C)c1.Cc1cccc(O)c1C. The fourth-order valence-electron chi connectivity index (χ4n) is 2.26. The summed E-state index contributed by atoms with van der Waals surface area (Å²) in [6, 6.07) is 16.7. The summed E-state index contributed by atoms with van der Waals surface area (Å²) >= 11 is 0. The largest absolute Gasteiger partial charge is 0.508 e. The van der Waals surface area contributed by atoms with Crippen LogP contribution in [0.2, 0.25) is 0 Å². The molecule has 3 nitrogen and oxygen atoms in total. The Hall–Kier alpha value is -2.94. The molecule has 3 aromatic rings. The minimum absolute atomic E-state index is 0.376. The van der Waals surface area contributed by atoms with E-state index in [1.54, 1.807) is 18.2 Å². The van der Waals surface area contributed by atoms with Gasteiger partial charge in [0.25, 0.3) is 0 Å². The normalized spacial score (nSPS) is 9.56. The quantitative estimate of drug-likeness (QED) is 0.455. The first-order chi connectivity index (χ1) is 12.6. The van der Waals surface area contributed by atoms with Crippen LogP contribution in [0.1, 0.15) is 33.4 Å². The van der Waals surface area contributed by atoms with E-state index in [0.717, 1.165) is 27.8 Å². The van der Waals surface area contributed by atoms with Crippen LogP contribution in [0.5, 0.6) is 17.2 Å². The maximum atomic E-state index is 9.10. The van der Waals surface area contributed by atoms with Gasteiger partial charge in [0.1, 0.15) is 17.2 Å². The van der Waals surface area contributed by atoms with E-state index in [0.29, 0.717) is 17.2 Å². The predicted molar refractivity (Wildman–Crippen MR) is 113 cm³/mol. The summed E-state index contributed by atoms with van der Waals surface area (Å²) in [5.74, 6) is 1.14. The van der Waals surface area contributed by atoms with Crippen LogP contribution < -0.4 is 0 Å². The van der Waals surface area contributed by atoms with Crippen molar-refractivity contribution in [2.45, 2.75) is 41.5 Å². The van der Waals surface area contributed by atoms with Crippen LogP contribution in [-0.4, -0.2) is 15.3 Å². The molecule has 3 heteroatoms. The topological polar surface area (TPSA) is 60.7 Å². The van der Waals surface area contributed by atoms with E-state index in [2.05, 4.69) is 0 Å². The zero-order valence-corrected chi connectivity index (χ0v) is 17.0. The predicted octanol–water partition coefficient (Wildman–Crippen LogP) is 6.03. The number of benzene rings is 3. The van der Waals surface area contributed by atoms with Gasteiger partial charge in [-0.15, -0.1) is 0 Å². The van der Waals surface area contributed by atoms with Crippen molar-refractivity contribution < 1.29 is 15.3 Å². The monoisotopic (exact) mass is 366 g/mol. The first kappa shape index (κ1) is 22.1. The van der Waals surface area contributed by atoms with Gasteiger partial charge in [-0.05, 0) is 87.6 Å². The van der Waals surface area contributed by atoms with Crippen LogP contribution in [0.3, 0.4) is 0 Å². The standard InChI is InChI=1S/3C8H10O/c1-6-3-4-8(9)7(2)5-6;1-6-3-4-7(2)8(9)5-6;1-6-4-3-5-8(9)7(6)2/h3*3-5,9H,1-2H3. The van der Waals surface area contributed by atoms with Gasteiger partial charge in [0.15, 0.2) is 0 Å². The van der Waals surface area contributed by atoms with E-state index >= 15 is 0 Å². The molecule has 0 unspecified atom stereocenters. The summed E-state index contributed by atoms with van der Waals surface area (Å²) in [7, 11) is 0. The Morgan fingerprint density at radius 2 is 1.07 bits per heavy atom. The first-order valence-electron chi connectivity index (χ1n) is 8.89. The van der Waals surface area contributed by atoms with Gasteiger partial charge in [0.05, 0.1) is 0 Å². The van der Waals surface area contributed by atoms with Gasteiger partial charge in [-0.1, -0.05) is 42.0 Å². The Morgan fingerprint density at radius 3 is 1.52 bits per heavy atom. The number of aryl methyl sites for hydroxylation is 5. The number of aromatic hydroxyl groups is 3. The third-order valence-corrected chi connectivity index (χ3v) is 4.29. The smallest absolute Gasteiger partial charge is 0.118 e. The molecule has 0 bridgehead atoms. The van der Waals surface area contributed by atoms with E-state index in [4.69, 9.17) is 15.3 Å². The van der Waals surface area contributed by atoms with Gasteiger partial charge in [0, 0.05) is 0 Å². The maximum Gasteiger partial charge on any atom is 0.118 e. The molecule has 0 saturated heterocycles. The molecule has 0 fully saturated rings. The lowest BCUT2D eigenvalue weighted by Gasteiger charge is -1.99. The van der Waals surface area contributed by atoms with Crippen LogP contribution in [0, 0.1) is 41.5 Å². The summed E-state index contributed by atoms with van der Waals surface area (Å²) in [5.41, 5.74) is 6.26. The number of phenols is 3. The molecular formula is C24H30O3. The highest BCUT2D eigenvalue weighted by Crippen LogP contribution is 2.18. The molecule has 3 aromatic carbocycles. The van der Waals surface area contributed by atoms with Gasteiger partial charge in [-0.25, -0.2) is 0 Å². The summed E-state index contributed by atoms with van der Waals surface area (Å²) in [5, 5.41) is 27.2. The first-order valence-corrected chi connectivity index (χ1v) is 8.89. The molecule has 0 saturated carbocycles. The van der Waals surface area contributed by atoms with Crippen molar-refractivity contribution in [3.05, 3.63) is 88.0 Å². The average Bonchev–Trinajstić information content (AvgIpc) is 2.61. The van der Waals surface area contributed by atoms with Crippen LogP contribution in [0.25, 0.3) is 0 Å².